The van der Waals surface area contributed by atoms with E-state index in [0.29, 0.717) is 5.56 Å². The van der Waals surface area contributed by atoms with Crippen LogP contribution in [0.5, 0.6) is 0 Å². The van der Waals surface area contributed by atoms with Gasteiger partial charge in [0.1, 0.15) is 5.65 Å². The maximum Gasteiger partial charge on any atom is 0.255 e. The van der Waals surface area contributed by atoms with Crippen LogP contribution in [-0.2, 0) is 0 Å². The second-order valence-electron chi connectivity index (χ2n) is 5.99. The Morgan fingerprint density at radius 1 is 0.960 bits per heavy atom. The summed E-state index contributed by atoms with van der Waals surface area (Å²) >= 11 is 0. The highest BCUT2D eigenvalue weighted by Crippen LogP contribution is 2.21. The zero-order valence-electron chi connectivity index (χ0n) is 13.8. The van der Waals surface area contributed by atoms with Gasteiger partial charge in [-0.05, 0) is 43.3 Å². The largest absolute Gasteiger partial charge is 0.322 e. The Labute approximate surface area is 145 Å². The molecule has 1 N–H and O–H groups in total. The van der Waals surface area contributed by atoms with Crippen LogP contribution in [0.3, 0.4) is 0 Å². The van der Waals surface area contributed by atoms with Gasteiger partial charge >= 0.3 is 0 Å². The molecule has 0 fully saturated rings. The van der Waals surface area contributed by atoms with E-state index in [9.17, 15) is 4.79 Å². The minimum Gasteiger partial charge on any atom is -0.322 e. The van der Waals surface area contributed by atoms with Gasteiger partial charge in [-0.25, -0.2) is 4.98 Å². The quantitative estimate of drug-likeness (QED) is 0.599. The molecule has 1 amide bonds. The number of aromatic nitrogens is 2. The molecule has 0 aliphatic carbocycles. The molecular formula is C21H17N3O. The van der Waals surface area contributed by atoms with Crippen LogP contribution in [0.15, 0.2) is 79.1 Å². The third kappa shape index (κ3) is 3.15. The van der Waals surface area contributed by atoms with Gasteiger partial charge in [-0.15, -0.1) is 0 Å². The predicted molar refractivity (Wildman–Crippen MR) is 99.8 cm³/mol. The van der Waals surface area contributed by atoms with Gasteiger partial charge in [0.2, 0.25) is 0 Å². The molecule has 4 aromatic rings. The number of nitrogens with one attached hydrogen (secondary N) is 1. The number of fused-ring (bicyclic) bond motifs is 1. The number of anilines is 1. The first-order chi connectivity index (χ1) is 12.2. The lowest BCUT2D eigenvalue weighted by Gasteiger charge is -2.06. The van der Waals surface area contributed by atoms with E-state index in [4.69, 9.17) is 0 Å². The number of carbonyl (C=O) groups is 1. The summed E-state index contributed by atoms with van der Waals surface area (Å²) in [5.74, 6) is -0.111. The molecule has 2 heterocycles. The predicted octanol–water partition coefficient (Wildman–Crippen LogP) is 4.56. The van der Waals surface area contributed by atoms with Crippen molar-refractivity contribution in [1.82, 2.24) is 9.38 Å². The van der Waals surface area contributed by atoms with Gasteiger partial charge in [-0.2, -0.15) is 0 Å². The van der Waals surface area contributed by atoms with E-state index >= 15 is 0 Å². The number of nitrogens with zero attached hydrogens (tertiary/aromatic N) is 2. The molecule has 0 bridgehead atoms. The second-order valence-corrected chi connectivity index (χ2v) is 5.99. The van der Waals surface area contributed by atoms with Crippen LogP contribution in [0.2, 0.25) is 0 Å². The summed E-state index contributed by atoms with van der Waals surface area (Å²) in [5, 5.41) is 2.92. The molecule has 2 aromatic carbocycles. The summed E-state index contributed by atoms with van der Waals surface area (Å²) in [5.41, 5.74) is 5.37. The SMILES string of the molecule is Cc1ccc(C(=O)Nc2ccc(-c3cn4ccccc4n3)cc2)cc1. The summed E-state index contributed by atoms with van der Waals surface area (Å²) in [6.45, 7) is 2.00. The van der Waals surface area contributed by atoms with E-state index in [1.54, 1.807) is 0 Å². The summed E-state index contributed by atoms with van der Waals surface area (Å²) < 4.78 is 1.99. The zero-order valence-corrected chi connectivity index (χ0v) is 13.8. The minimum absolute atomic E-state index is 0.111. The third-order valence-corrected chi connectivity index (χ3v) is 4.12. The molecule has 2 aromatic heterocycles. The highest BCUT2D eigenvalue weighted by molar-refractivity contribution is 6.04. The fraction of sp³-hybridized carbons (Fsp3) is 0.0476. The number of pyridine rings is 1. The molecule has 122 valence electrons. The van der Waals surface area contributed by atoms with Crippen molar-refractivity contribution in [1.29, 1.82) is 0 Å². The summed E-state index contributed by atoms with van der Waals surface area (Å²) in [6.07, 6.45) is 3.97. The molecule has 0 spiro atoms. The first-order valence-electron chi connectivity index (χ1n) is 8.11. The Hall–Kier alpha value is -3.40. The van der Waals surface area contributed by atoms with Crippen LogP contribution < -0.4 is 5.32 Å². The molecule has 4 nitrogen and oxygen atoms in total. The monoisotopic (exact) mass is 327 g/mol. The fourth-order valence-corrected chi connectivity index (χ4v) is 2.71. The number of amides is 1. The van der Waals surface area contributed by atoms with Crippen LogP contribution in [0, 0.1) is 6.92 Å². The van der Waals surface area contributed by atoms with Crippen LogP contribution >= 0.6 is 0 Å². The van der Waals surface area contributed by atoms with E-state index in [0.717, 1.165) is 28.2 Å². The number of hydrogen-bond acceptors (Lipinski definition) is 2. The van der Waals surface area contributed by atoms with Crippen molar-refractivity contribution in [2.24, 2.45) is 0 Å². The molecule has 0 unspecified atom stereocenters. The minimum atomic E-state index is -0.111. The number of hydrogen-bond donors (Lipinski definition) is 1. The second kappa shape index (κ2) is 6.24. The molecule has 25 heavy (non-hydrogen) atoms. The lowest BCUT2D eigenvalue weighted by molar-refractivity contribution is 0.102. The molecule has 0 aliphatic heterocycles. The molecule has 4 heteroatoms. The van der Waals surface area contributed by atoms with Gasteiger partial charge in [0.05, 0.1) is 5.69 Å². The van der Waals surface area contributed by atoms with Gasteiger partial charge in [0.25, 0.3) is 5.91 Å². The van der Waals surface area contributed by atoms with Gasteiger partial charge in [0.15, 0.2) is 0 Å². The van der Waals surface area contributed by atoms with Crippen molar-refractivity contribution in [3.63, 3.8) is 0 Å². The van der Waals surface area contributed by atoms with Crippen molar-refractivity contribution < 1.29 is 4.79 Å². The summed E-state index contributed by atoms with van der Waals surface area (Å²) in [6, 6.07) is 21.2. The Balaban J connectivity index is 1.53. The van der Waals surface area contributed by atoms with Gasteiger partial charge < -0.3 is 9.72 Å². The number of carbonyl (C=O) groups excluding carboxylic acids is 1. The van der Waals surface area contributed by atoms with Crippen LogP contribution in [0.25, 0.3) is 16.9 Å². The summed E-state index contributed by atoms with van der Waals surface area (Å²) in [7, 11) is 0. The molecular weight excluding hydrogens is 310 g/mol. The first kappa shape index (κ1) is 15.1. The smallest absolute Gasteiger partial charge is 0.255 e. The van der Waals surface area contributed by atoms with Gasteiger partial charge in [-0.1, -0.05) is 35.9 Å². The first-order valence-corrected chi connectivity index (χ1v) is 8.11. The maximum atomic E-state index is 12.3. The molecule has 0 aliphatic rings. The summed E-state index contributed by atoms with van der Waals surface area (Å²) in [4.78, 5) is 16.9. The van der Waals surface area contributed by atoms with Crippen LogP contribution in [-0.4, -0.2) is 15.3 Å². The number of aryl methyl sites for hydroxylation is 1. The fourth-order valence-electron chi connectivity index (χ4n) is 2.71. The Morgan fingerprint density at radius 2 is 1.72 bits per heavy atom. The number of rotatable bonds is 3. The number of imidazole rings is 1. The Kier molecular flexibility index (Phi) is 3.78. The van der Waals surface area contributed by atoms with Crippen LogP contribution in [0.4, 0.5) is 5.69 Å². The molecule has 4 rings (SSSR count). The van der Waals surface area contributed by atoms with Crippen molar-refractivity contribution in [3.05, 3.63) is 90.3 Å². The normalized spacial score (nSPS) is 10.8. The molecule has 0 radical (unpaired) electrons. The van der Waals surface area contributed by atoms with Crippen molar-refractivity contribution >= 4 is 17.2 Å². The molecule has 0 atom stereocenters. The van der Waals surface area contributed by atoms with E-state index < -0.39 is 0 Å². The lowest BCUT2D eigenvalue weighted by Crippen LogP contribution is -2.11. The van der Waals surface area contributed by atoms with E-state index in [1.807, 2.05) is 90.4 Å². The van der Waals surface area contributed by atoms with Gasteiger partial charge in [-0.3, -0.25) is 4.79 Å². The van der Waals surface area contributed by atoms with Crippen molar-refractivity contribution in [2.45, 2.75) is 6.92 Å². The topological polar surface area (TPSA) is 46.4 Å². The number of benzene rings is 2. The van der Waals surface area contributed by atoms with E-state index in [2.05, 4.69) is 10.3 Å². The highest BCUT2D eigenvalue weighted by Gasteiger charge is 2.07. The Morgan fingerprint density at radius 3 is 2.44 bits per heavy atom. The van der Waals surface area contributed by atoms with Crippen LogP contribution in [0.1, 0.15) is 15.9 Å². The average molecular weight is 327 g/mol. The van der Waals surface area contributed by atoms with E-state index in [-0.39, 0.29) is 5.91 Å². The van der Waals surface area contributed by atoms with Crippen molar-refractivity contribution in [3.8, 4) is 11.3 Å². The standard InChI is InChI=1S/C21H17N3O/c1-15-5-7-17(8-6-15)21(25)22-18-11-9-16(10-12-18)19-14-24-13-3-2-4-20(24)23-19/h2-14H,1H3,(H,22,25). The van der Waals surface area contributed by atoms with Gasteiger partial charge in [0, 0.05) is 29.2 Å². The van der Waals surface area contributed by atoms with E-state index in [1.165, 1.54) is 0 Å². The molecule has 0 saturated carbocycles. The zero-order chi connectivity index (χ0) is 17.2. The Bertz CT molecular complexity index is 998. The highest BCUT2D eigenvalue weighted by atomic mass is 16.1. The van der Waals surface area contributed by atoms with Crippen molar-refractivity contribution in [2.75, 3.05) is 5.32 Å². The average Bonchev–Trinajstić information content (AvgIpc) is 3.07. The lowest BCUT2D eigenvalue weighted by atomic mass is 10.1. The molecule has 0 saturated heterocycles. The maximum absolute atomic E-state index is 12.3. The third-order valence-electron chi connectivity index (χ3n) is 4.12.